The second-order valence-electron chi connectivity index (χ2n) is 5.93. The summed E-state index contributed by atoms with van der Waals surface area (Å²) < 4.78 is 0. The normalized spacial score (nSPS) is 23.9. The van der Waals surface area contributed by atoms with Crippen LogP contribution in [0.5, 0.6) is 0 Å². The van der Waals surface area contributed by atoms with Gasteiger partial charge >= 0.3 is 0 Å². The first-order valence-electron chi connectivity index (χ1n) is 7.60. The standard InChI is InChI=1S/C16H23N3O.2ClH/c17-11-12-3-5-13(6-4-12)16(20)18-14-7-9-19-8-1-2-15(19)10-14;;/h3-6,14-15H,1-2,7-11,17H2,(H,18,20);2*1H. The van der Waals surface area contributed by atoms with Gasteiger partial charge in [0.15, 0.2) is 0 Å². The molecular weight excluding hydrogens is 321 g/mol. The summed E-state index contributed by atoms with van der Waals surface area (Å²) >= 11 is 0. The van der Waals surface area contributed by atoms with Crippen molar-refractivity contribution in [3.63, 3.8) is 0 Å². The van der Waals surface area contributed by atoms with Gasteiger partial charge in [0.25, 0.3) is 5.91 Å². The number of nitrogens with two attached hydrogens (primary N) is 1. The number of hydrogen-bond donors (Lipinski definition) is 2. The summed E-state index contributed by atoms with van der Waals surface area (Å²) in [6.45, 7) is 2.88. The first-order chi connectivity index (χ1) is 9.76. The first kappa shape index (κ1) is 19.2. The molecule has 0 bridgehead atoms. The maximum Gasteiger partial charge on any atom is 0.251 e. The summed E-state index contributed by atoms with van der Waals surface area (Å²) in [7, 11) is 0. The maximum atomic E-state index is 12.2. The number of amides is 1. The smallest absolute Gasteiger partial charge is 0.251 e. The lowest BCUT2D eigenvalue weighted by molar-refractivity contribution is 0.0896. The molecule has 0 aromatic heterocycles. The number of carbonyl (C=O) groups excluding carboxylic acids is 1. The zero-order valence-corrected chi connectivity index (χ0v) is 14.3. The number of benzene rings is 1. The van der Waals surface area contributed by atoms with Crippen LogP contribution >= 0.6 is 24.8 Å². The number of nitrogens with one attached hydrogen (secondary N) is 1. The van der Waals surface area contributed by atoms with Crippen molar-refractivity contribution >= 4 is 30.7 Å². The average Bonchev–Trinajstić information content (AvgIpc) is 2.95. The summed E-state index contributed by atoms with van der Waals surface area (Å²) in [5.41, 5.74) is 7.36. The van der Waals surface area contributed by atoms with Gasteiger partial charge in [-0.25, -0.2) is 0 Å². The average molecular weight is 346 g/mol. The number of hydrogen-bond acceptors (Lipinski definition) is 3. The van der Waals surface area contributed by atoms with Crippen molar-refractivity contribution in [1.29, 1.82) is 0 Å². The Balaban J connectivity index is 0.00000121. The van der Waals surface area contributed by atoms with E-state index in [1.807, 2.05) is 24.3 Å². The molecule has 2 heterocycles. The molecule has 0 saturated carbocycles. The summed E-state index contributed by atoms with van der Waals surface area (Å²) in [5, 5.41) is 3.19. The van der Waals surface area contributed by atoms with Gasteiger partial charge in [0.05, 0.1) is 0 Å². The van der Waals surface area contributed by atoms with Gasteiger partial charge in [0, 0.05) is 30.7 Å². The van der Waals surface area contributed by atoms with E-state index in [0.29, 0.717) is 18.6 Å². The van der Waals surface area contributed by atoms with Crippen LogP contribution in [0.3, 0.4) is 0 Å². The van der Waals surface area contributed by atoms with E-state index in [0.717, 1.165) is 30.5 Å². The van der Waals surface area contributed by atoms with E-state index in [1.54, 1.807) is 0 Å². The van der Waals surface area contributed by atoms with Crippen LogP contribution in [0, 0.1) is 0 Å². The van der Waals surface area contributed by atoms with Crippen LogP contribution in [-0.4, -0.2) is 36.0 Å². The van der Waals surface area contributed by atoms with E-state index < -0.39 is 0 Å². The molecule has 2 aliphatic rings. The van der Waals surface area contributed by atoms with E-state index in [-0.39, 0.29) is 30.7 Å². The molecule has 2 aliphatic heterocycles. The first-order valence-corrected chi connectivity index (χ1v) is 7.60. The van der Waals surface area contributed by atoms with Crippen molar-refractivity contribution in [2.75, 3.05) is 13.1 Å². The predicted octanol–water partition coefficient (Wildman–Crippen LogP) is 2.35. The molecule has 2 atom stereocenters. The molecule has 1 aromatic carbocycles. The lowest BCUT2D eigenvalue weighted by atomic mass is 9.97. The molecule has 3 rings (SSSR count). The number of carbonyl (C=O) groups is 1. The molecule has 22 heavy (non-hydrogen) atoms. The topological polar surface area (TPSA) is 58.4 Å². The van der Waals surface area contributed by atoms with E-state index in [2.05, 4.69) is 10.2 Å². The van der Waals surface area contributed by atoms with Crippen LogP contribution in [0.15, 0.2) is 24.3 Å². The molecule has 1 aromatic rings. The number of halogens is 2. The largest absolute Gasteiger partial charge is 0.349 e. The van der Waals surface area contributed by atoms with Crippen LogP contribution in [0.1, 0.15) is 41.6 Å². The monoisotopic (exact) mass is 345 g/mol. The maximum absolute atomic E-state index is 12.2. The van der Waals surface area contributed by atoms with Crippen molar-refractivity contribution in [2.45, 2.75) is 44.3 Å². The highest BCUT2D eigenvalue weighted by atomic mass is 35.5. The van der Waals surface area contributed by atoms with Gasteiger partial charge < -0.3 is 16.0 Å². The molecule has 4 nitrogen and oxygen atoms in total. The molecule has 0 aliphatic carbocycles. The molecule has 2 fully saturated rings. The summed E-state index contributed by atoms with van der Waals surface area (Å²) in [6.07, 6.45) is 4.78. The van der Waals surface area contributed by atoms with Gasteiger partial charge in [-0.3, -0.25) is 4.79 Å². The number of piperidine rings is 1. The Morgan fingerprint density at radius 3 is 2.59 bits per heavy atom. The second-order valence-corrected chi connectivity index (χ2v) is 5.93. The van der Waals surface area contributed by atoms with Crippen molar-refractivity contribution in [2.24, 2.45) is 5.73 Å². The molecule has 3 N–H and O–H groups in total. The second kappa shape index (κ2) is 8.73. The van der Waals surface area contributed by atoms with Crippen LogP contribution in [0.25, 0.3) is 0 Å². The Labute approximate surface area is 144 Å². The molecule has 6 heteroatoms. The van der Waals surface area contributed by atoms with Gasteiger partial charge in [0.2, 0.25) is 0 Å². The third kappa shape index (κ3) is 4.35. The molecule has 1 amide bonds. The van der Waals surface area contributed by atoms with Gasteiger partial charge in [0.1, 0.15) is 0 Å². The lowest BCUT2D eigenvalue weighted by Crippen LogP contribution is -2.47. The van der Waals surface area contributed by atoms with E-state index >= 15 is 0 Å². The predicted molar refractivity (Wildman–Crippen MR) is 93.9 cm³/mol. The van der Waals surface area contributed by atoms with Gasteiger partial charge in [-0.2, -0.15) is 0 Å². The van der Waals surface area contributed by atoms with E-state index in [4.69, 9.17) is 5.73 Å². The van der Waals surface area contributed by atoms with Crippen LogP contribution in [0.4, 0.5) is 0 Å². The Kier molecular flexibility index (Phi) is 7.63. The highest BCUT2D eigenvalue weighted by Gasteiger charge is 2.32. The van der Waals surface area contributed by atoms with Crippen LogP contribution in [-0.2, 0) is 6.54 Å². The van der Waals surface area contributed by atoms with E-state index in [9.17, 15) is 4.79 Å². The van der Waals surface area contributed by atoms with Crippen molar-refractivity contribution in [3.8, 4) is 0 Å². The van der Waals surface area contributed by atoms with Crippen molar-refractivity contribution in [1.82, 2.24) is 10.2 Å². The molecule has 2 unspecified atom stereocenters. The van der Waals surface area contributed by atoms with Gasteiger partial charge in [-0.1, -0.05) is 12.1 Å². The molecular formula is C16H25Cl2N3O. The number of nitrogens with zero attached hydrogens (tertiary/aromatic N) is 1. The molecule has 0 radical (unpaired) electrons. The summed E-state index contributed by atoms with van der Waals surface area (Å²) in [4.78, 5) is 14.8. The minimum absolute atomic E-state index is 0. The van der Waals surface area contributed by atoms with E-state index in [1.165, 1.54) is 19.4 Å². The Hall–Kier alpha value is -0.810. The Morgan fingerprint density at radius 1 is 1.18 bits per heavy atom. The minimum Gasteiger partial charge on any atom is -0.349 e. The summed E-state index contributed by atoms with van der Waals surface area (Å²) in [5.74, 6) is 0.0463. The van der Waals surface area contributed by atoms with Crippen LogP contribution < -0.4 is 11.1 Å². The number of fused-ring (bicyclic) bond motifs is 1. The third-order valence-corrected chi connectivity index (χ3v) is 4.61. The minimum atomic E-state index is 0. The fraction of sp³-hybridized carbons (Fsp3) is 0.562. The quantitative estimate of drug-likeness (QED) is 0.883. The van der Waals surface area contributed by atoms with Crippen molar-refractivity contribution in [3.05, 3.63) is 35.4 Å². The molecule has 2 saturated heterocycles. The zero-order chi connectivity index (χ0) is 13.9. The Bertz CT molecular complexity index is 481. The van der Waals surface area contributed by atoms with Crippen molar-refractivity contribution < 1.29 is 4.79 Å². The van der Waals surface area contributed by atoms with Gasteiger partial charge in [-0.05, 0) is 49.9 Å². The lowest BCUT2D eigenvalue weighted by Gasteiger charge is -2.35. The van der Waals surface area contributed by atoms with Gasteiger partial charge in [-0.15, -0.1) is 24.8 Å². The molecule has 124 valence electrons. The number of rotatable bonds is 3. The molecule has 0 spiro atoms. The summed E-state index contributed by atoms with van der Waals surface area (Å²) in [6, 6.07) is 8.60. The SMILES string of the molecule is Cl.Cl.NCc1ccc(C(=O)NC2CCN3CCCC3C2)cc1. The fourth-order valence-corrected chi connectivity index (χ4v) is 3.42. The third-order valence-electron chi connectivity index (χ3n) is 4.61. The zero-order valence-electron chi connectivity index (χ0n) is 12.7. The highest BCUT2D eigenvalue weighted by molar-refractivity contribution is 5.94. The Morgan fingerprint density at radius 2 is 1.91 bits per heavy atom. The van der Waals surface area contributed by atoms with Crippen LogP contribution in [0.2, 0.25) is 0 Å². The fourth-order valence-electron chi connectivity index (χ4n) is 3.42. The highest BCUT2D eigenvalue weighted by Crippen LogP contribution is 2.26.